The number of hydrogen-bond donors (Lipinski definition) is 1. The summed E-state index contributed by atoms with van der Waals surface area (Å²) >= 11 is 0. The Bertz CT molecular complexity index is 1100. The van der Waals surface area contributed by atoms with Crippen molar-refractivity contribution < 1.29 is 0 Å². The van der Waals surface area contributed by atoms with Gasteiger partial charge in [0.1, 0.15) is 11.6 Å². The number of para-hydroxylation sites is 1. The molecule has 4 rings (SSSR count). The average molecular weight is 354 g/mol. The summed E-state index contributed by atoms with van der Waals surface area (Å²) in [6.07, 6.45) is 3.78. The van der Waals surface area contributed by atoms with Crippen molar-refractivity contribution in [3.8, 4) is 11.1 Å². The van der Waals surface area contributed by atoms with E-state index in [1.165, 1.54) is 11.1 Å². The first kappa shape index (κ1) is 17.2. The van der Waals surface area contributed by atoms with Crippen LogP contribution in [-0.4, -0.2) is 15.0 Å². The highest BCUT2D eigenvalue weighted by atomic mass is 15.0. The lowest BCUT2D eigenvalue weighted by atomic mass is 10.0. The maximum atomic E-state index is 4.63. The summed E-state index contributed by atoms with van der Waals surface area (Å²) in [4.78, 5) is 13.5. The van der Waals surface area contributed by atoms with E-state index in [1.807, 2.05) is 37.5 Å². The Morgan fingerprint density at radius 1 is 0.852 bits per heavy atom. The first-order chi connectivity index (χ1) is 13.1. The first-order valence-corrected chi connectivity index (χ1v) is 9.12. The van der Waals surface area contributed by atoms with Gasteiger partial charge in [-0.3, -0.25) is 4.98 Å². The number of anilines is 1. The fraction of sp³-hybridized carbons (Fsp3) is 0.174. The van der Waals surface area contributed by atoms with Crippen molar-refractivity contribution in [1.29, 1.82) is 0 Å². The Balaban J connectivity index is 1.66. The number of fused-ring (bicyclic) bond motifs is 1. The average Bonchev–Trinajstić information content (AvgIpc) is 2.68. The van der Waals surface area contributed by atoms with E-state index in [0.717, 1.165) is 33.7 Å². The minimum absolute atomic E-state index is 0.112. The second-order valence-electron chi connectivity index (χ2n) is 6.88. The van der Waals surface area contributed by atoms with Crippen LogP contribution >= 0.6 is 0 Å². The lowest BCUT2D eigenvalue weighted by molar-refractivity contribution is 0.872. The predicted octanol–water partition coefficient (Wildman–Crippen LogP) is 5.48. The summed E-state index contributed by atoms with van der Waals surface area (Å²) in [5.41, 5.74) is 5.62. The molecule has 0 aliphatic rings. The molecule has 4 aromatic rings. The van der Waals surface area contributed by atoms with Crippen molar-refractivity contribution in [2.24, 2.45) is 0 Å². The van der Waals surface area contributed by atoms with Gasteiger partial charge >= 0.3 is 0 Å². The standard InChI is InChI=1S/C23H22N4/c1-15-11-20(14-24-13-15)19-8-6-7-18(12-19)16(2)25-23-21-9-4-5-10-22(21)26-17(3)27-23/h4-14,16H,1-3H3,(H,25,26,27)/t16-/m1/s1. The van der Waals surface area contributed by atoms with Crippen LogP contribution in [0.3, 0.4) is 0 Å². The van der Waals surface area contributed by atoms with Gasteiger partial charge < -0.3 is 5.32 Å². The third-order valence-electron chi connectivity index (χ3n) is 4.66. The van der Waals surface area contributed by atoms with Crippen LogP contribution in [0.1, 0.15) is 29.9 Å². The minimum Gasteiger partial charge on any atom is -0.363 e. The molecule has 4 heteroatoms. The molecular weight excluding hydrogens is 332 g/mol. The molecule has 1 atom stereocenters. The summed E-state index contributed by atoms with van der Waals surface area (Å²) < 4.78 is 0. The molecule has 0 amide bonds. The van der Waals surface area contributed by atoms with Crippen LogP contribution in [0.15, 0.2) is 67.0 Å². The molecule has 0 saturated heterocycles. The van der Waals surface area contributed by atoms with Crippen LogP contribution < -0.4 is 5.32 Å². The molecule has 2 aromatic heterocycles. The lowest BCUT2D eigenvalue weighted by Gasteiger charge is -2.17. The van der Waals surface area contributed by atoms with E-state index >= 15 is 0 Å². The summed E-state index contributed by atoms with van der Waals surface area (Å²) in [6.45, 7) is 6.14. The summed E-state index contributed by atoms with van der Waals surface area (Å²) in [5, 5.41) is 4.60. The van der Waals surface area contributed by atoms with E-state index in [1.54, 1.807) is 0 Å². The smallest absolute Gasteiger partial charge is 0.138 e. The highest BCUT2D eigenvalue weighted by Gasteiger charge is 2.11. The highest BCUT2D eigenvalue weighted by Crippen LogP contribution is 2.27. The molecule has 2 aromatic carbocycles. The van der Waals surface area contributed by atoms with Crippen LogP contribution in [0, 0.1) is 13.8 Å². The van der Waals surface area contributed by atoms with E-state index in [-0.39, 0.29) is 6.04 Å². The predicted molar refractivity (Wildman–Crippen MR) is 111 cm³/mol. The van der Waals surface area contributed by atoms with Crippen LogP contribution in [0.25, 0.3) is 22.0 Å². The summed E-state index contributed by atoms with van der Waals surface area (Å²) in [5.74, 6) is 1.64. The Kier molecular flexibility index (Phi) is 4.55. The van der Waals surface area contributed by atoms with Gasteiger partial charge in [0.2, 0.25) is 0 Å². The Labute approximate surface area is 159 Å². The zero-order valence-corrected chi connectivity index (χ0v) is 15.8. The van der Waals surface area contributed by atoms with Crippen molar-refractivity contribution in [3.05, 3.63) is 83.9 Å². The molecule has 2 heterocycles. The fourth-order valence-electron chi connectivity index (χ4n) is 3.29. The van der Waals surface area contributed by atoms with E-state index in [0.29, 0.717) is 0 Å². The SMILES string of the molecule is Cc1cncc(-c2cccc([C@@H](C)Nc3nc(C)nc4ccccc34)c2)c1. The fourth-order valence-corrected chi connectivity index (χ4v) is 3.29. The number of nitrogens with one attached hydrogen (secondary N) is 1. The normalized spacial score (nSPS) is 12.1. The van der Waals surface area contributed by atoms with Crippen LogP contribution in [-0.2, 0) is 0 Å². The van der Waals surface area contributed by atoms with Crippen molar-refractivity contribution in [2.75, 3.05) is 5.32 Å². The van der Waals surface area contributed by atoms with Crippen LogP contribution in [0.4, 0.5) is 5.82 Å². The Hall–Kier alpha value is -3.27. The largest absolute Gasteiger partial charge is 0.363 e. The Morgan fingerprint density at radius 2 is 1.70 bits per heavy atom. The van der Waals surface area contributed by atoms with Gasteiger partial charge in [0.15, 0.2) is 0 Å². The van der Waals surface area contributed by atoms with Gasteiger partial charge in [-0.25, -0.2) is 9.97 Å². The van der Waals surface area contributed by atoms with Gasteiger partial charge in [-0.15, -0.1) is 0 Å². The van der Waals surface area contributed by atoms with Gasteiger partial charge in [-0.2, -0.15) is 0 Å². The van der Waals surface area contributed by atoms with E-state index < -0.39 is 0 Å². The monoisotopic (exact) mass is 354 g/mol. The van der Waals surface area contributed by atoms with Gasteiger partial charge in [0, 0.05) is 29.4 Å². The molecule has 0 aliphatic heterocycles. The number of nitrogens with zero attached hydrogens (tertiary/aromatic N) is 3. The molecule has 4 nitrogen and oxygen atoms in total. The number of aryl methyl sites for hydroxylation is 2. The Morgan fingerprint density at radius 3 is 2.56 bits per heavy atom. The highest BCUT2D eigenvalue weighted by molar-refractivity contribution is 5.89. The van der Waals surface area contributed by atoms with Crippen LogP contribution in [0.5, 0.6) is 0 Å². The van der Waals surface area contributed by atoms with Gasteiger partial charge in [0.25, 0.3) is 0 Å². The first-order valence-electron chi connectivity index (χ1n) is 9.12. The van der Waals surface area contributed by atoms with Crippen LogP contribution in [0.2, 0.25) is 0 Å². The third-order valence-corrected chi connectivity index (χ3v) is 4.66. The summed E-state index contributed by atoms with van der Waals surface area (Å²) in [6, 6.07) is 18.9. The van der Waals surface area contributed by atoms with E-state index in [4.69, 9.17) is 0 Å². The molecule has 0 unspecified atom stereocenters. The second kappa shape index (κ2) is 7.16. The molecule has 0 bridgehead atoms. The number of rotatable bonds is 4. The molecule has 1 N–H and O–H groups in total. The molecule has 0 radical (unpaired) electrons. The quantitative estimate of drug-likeness (QED) is 0.527. The maximum Gasteiger partial charge on any atom is 0.138 e. The molecule has 134 valence electrons. The van der Waals surface area contributed by atoms with Gasteiger partial charge in [-0.05, 0) is 61.7 Å². The number of aromatic nitrogens is 3. The number of pyridine rings is 1. The number of hydrogen-bond acceptors (Lipinski definition) is 4. The minimum atomic E-state index is 0.112. The molecule has 0 saturated carbocycles. The van der Waals surface area contributed by atoms with E-state index in [2.05, 4.69) is 70.5 Å². The van der Waals surface area contributed by atoms with Gasteiger partial charge in [-0.1, -0.05) is 30.3 Å². The van der Waals surface area contributed by atoms with Crippen molar-refractivity contribution in [2.45, 2.75) is 26.8 Å². The molecule has 0 fully saturated rings. The van der Waals surface area contributed by atoms with Crippen molar-refractivity contribution >= 4 is 16.7 Å². The topological polar surface area (TPSA) is 50.7 Å². The summed E-state index contributed by atoms with van der Waals surface area (Å²) in [7, 11) is 0. The molecule has 0 aliphatic carbocycles. The van der Waals surface area contributed by atoms with E-state index in [9.17, 15) is 0 Å². The maximum absolute atomic E-state index is 4.63. The van der Waals surface area contributed by atoms with Crippen molar-refractivity contribution in [3.63, 3.8) is 0 Å². The van der Waals surface area contributed by atoms with Gasteiger partial charge in [0.05, 0.1) is 5.52 Å². The molecule has 27 heavy (non-hydrogen) atoms. The van der Waals surface area contributed by atoms with Crippen molar-refractivity contribution in [1.82, 2.24) is 15.0 Å². The zero-order chi connectivity index (χ0) is 18.8. The lowest BCUT2D eigenvalue weighted by Crippen LogP contribution is -2.09. The number of benzene rings is 2. The second-order valence-corrected chi connectivity index (χ2v) is 6.88. The molecule has 0 spiro atoms. The third kappa shape index (κ3) is 3.65. The molecular formula is C23H22N4. The zero-order valence-electron chi connectivity index (χ0n) is 15.8.